The van der Waals surface area contributed by atoms with E-state index in [0.29, 0.717) is 41.4 Å². The van der Waals surface area contributed by atoms with Gasteiger partial charge in [0.25, 0.3) is 11.8 Å². The molecule has 0 spiro atoms. The summed E-state index contributed by atoms with van der Waals surface area (Å²) < 4.78 is 11.7. The maximum Gasteiger partial charge on any atom is 0.261 e. The number of aryl methyl sites for hydroxylation is 1. The summed E-state index contributed by atoms with van der Waals surface area (Å²) in [4.78, 5) is 31.0. The van der Waals surface area contributed by atoms with Crippen molar-refractivity contribution in [3.8, 4) is 17.2 Å². The van der Waals surface area contributed by atoms with Crippen LogP contribution in [0.15, 0.2) is 77.2 Å². The Morgan fingerprint density at radius 1 is 0.909 bits per heavy atom. The lowest BCUT2D eigenvalue weighted by molar-refractivity contribution is 0.0642. The van der Waals surface area contributed by atoms with Gasteiger partial charge < -0.3 is 9.15 Å². The lowest BCUT2D eigenvalue weighted by Crippen LogP contribution is -2.29. The second kappa shape index (κ2) is 8.74. The normalized spacial score (nSPS) is 12.8. The van der Waals surface area contributed by atoms with E-state index in [0.717, 1.165) is 17.0 Å². The van der Waals surface area contributed by atoms with Crippen LogP contribution in [0.4, 0.5) is 0 Å². The molecular weight excluding hydrogens is 416 g/mol. The Morgan fingerprint density at radius 3 is 2.33 bits per heavy atom. The predicted molar refractivity (Wildman–Crippen MR) is 122 cm³/mol. The molecule has 3 aromatic carbocycles. The number of hydrogen-bond acceptors (Lipinski definition) is 5. The average molecular weight is 437 g/mol. The van der Waals surface area contributed by atoms with E-state index in [2.05, 4.69) is 11.1 Å². The van der Waals surface area contributed by atoms with Gasteiger partial charge in [0.2, 0.25) is 5.89 Å². The molecule has 2 heterocycles. The number of nitrogens with zero attached hydrogens (tertiary/aromatic N) is 2. The summed E-state index contributed by atoms with van der Waals surface area (Å²) in [7, 11) is 0. The highest BCUT2D eigenvalue weighted by Crippen LogP contribution is 2.25. The Balaban J connectivity index is 1.22. The summed E-state index contributed by atoms with van der Waals surface area (Å²) in [6, 6.07) is 25.2. The minimum absolute atomic E-state index is 0.145. The van der Waals surface area contributed by atoms with E-state index < -0.39 is 0 Å². The molecule has 6 heteroatoms. The van der Waals surface area contributed by atoms with Crippen molar-refractivity contribution in [3.05, 3.63) is 107 Å². The monoisotopic (exact) mass is 437 g/mol. The Kier molecular flexibility index (Phi) is 5.48. The van der Waals surface area contributed by atoms with Gasteiger partial charge in [-0.05, 0) is 42.8 Å². The van der Waals surface area contributed by atoms with Gasteiger partial charge in [0.15, 0.2) is 0 Å². The molecule has 1 aliphatic rings. The first-order valence-corrected chi connectivity index (χ1v) is 10.7. The second-order valence-electron chi connectivity index (χ2n) is 7.77. The first-order chi connectivity index (χ1) is 16.1. The van der Waals surface area contributed by atoms with E-state index in [1.165, 1.54) is 4.90 Å². The van der Waals surface area contributed by atoms with E-state index in [9.17, 15) is 9.59 Å². The molecule has 1 aliphatic heterocycles. The van der Waals surface area contributed by atoms with Crippen LogP contribution in [-0.4, -0.2) is 28.3 Å². The van der Waals surface area contributed by atoms with Crippen LogP contribution in [0.2, 0.25) is 0 Å². The van der Waals surface area contributed by atoms with Crippen molar-refractivity contribution in [1.29, 1.82) is 0 Å². The Hall–Kier alpha value is -4.19. The lowest BCUT2D eigenvalue weighted by atomic mass is 10.1. The number of fused-ring (bicyclic) bond motifs is 1. The summed E-state index contributed by atoms with van der Waals surface area (Å²) in [6.07, 6.45) is 0.582. The molecule has 4 aromatic rings. The van der Waals surface area contributed by atoms with Gasteiger partial charge in [0.05, 0.1) is 30.0 Å². The molecule has 6 nitrogen and oxygen atoms in total. The molecule has 0 fully saturated rings. The third-order valence-corrected chi connectivity index (χ3v) is 5.55. The Morgan fingerprint density at radius 2 is 1.61 bits per heavy atom. The van der Waals surface area contributed by atoms with Crippen LogP contribution in [-0.2, 0) is 13.0 Å². The van der Waals surface area contributed by atoms with Gasteiger partial charge in [0, 0.05) is 18.1 Å². The number of benzene rings is 3. The number of ether oxygens (including phenoxy) is 1. The predicted octanol–water partition coefficient (Wildman–Crippen LogP) is 4.87. The average Bonchev–Trinajstić information content (AvgIpc) is 3.33. The first-order valence-electron chi connectivity index (χ1n) is 10.7. The number of rotatable bonds is 7. The highest BCUT2D eigenvalue weighted by Gasteiger charge is 2.35. The van der Waals surface area contributed by atoms with Crippen molar-refractivity contribution in [1.82, 2.24) is 9.88 Å². The third-order valence-electron chi connectivity index (χ3n) is 5.55. The van der Waals surface area contributed by atoms with Crippen molar-refractivity contribution < 1.29 is 18.7 Å². The van der Waals surface area contributed by atoms with E-state index in [1.54, 1.807) is 30.3 Å². The van der Waals surface area contributed by atoms with Gasteiger partial charge in [-0.3, -0.25) is 14.5 Å². The number of carbonyl (C=O) groups is 2. The lowest BCUT2D eigenvalue weighted by Gasteiger charge is -2.14. The van der Waals surface area contributed by atoms with Gasteiger partial charge in [0.1, 0.15) is 11.5 Å². The summed E-state index contributed by atoms with van der Waals surface area (Å²) >= 11 is 0. The fourth-order valence-electron chi connectivity index (χ4n) is 3.84. The maximum absolute atomic E-state index is 12.6. The SMILES string of the molecule is Cc1oc(-c2ccccc2)nc1CCOc1[c]c(CN2C(=O)c3ccccc3C2=O)ccc1. The summed E-state index contributed by atoms with van der Waals surface area (Å²) in [5.74, 6) is 1.34. The van der Waals surface area contributed by atoms with Crippen molar-refractivity contribution in [2.24, 2.45) is 0 Å². The topological polar surface area (TPSA) is 72.6 Å². The summed E-state index contributed by atoms with van der Waals surface area (Å²) in [5, 5.41) is 0. The van der Waals surface area contributed by atoms with Crippen molar-refractivity contribution >= 4 is 11.8 Å². The zero-order valence-corrected chi connectivity index (χ0v) is 18.1. The van der Waals surface area contributed by atoms with Crippen LogP contribution < -0.4 is 4.74 Å². The molecule has 0 bridgehead atoms. The number of amides is 2. The number of oxazole rings is 1. The van der Waals surface area contributed by atoms with Gasteiger partial charge in [-0.1, -0.05) is 42.5 Å². The fourth-order valence-corrected chi connectivity index (χ4v) is 3.84. The van der Waals surface area contributed by atoms with Gasteiger partial charge in [-0.2, -0.15) is 0 Å². The van der Waals surface area contributed by atoms with Crippen LogP contribution in [0.5, 0.6) is 5.75 Å². The van der Waals surface area contributed by atoms with Crippen LogP contribution in [0, 0.1) is 13.0 Å². The molecule has 33 heavy (non-hydrogen) atoms. The molecule has 0 N–H and O–H groups in total. The number of imide groups is 1. The summed E-state index contributed by atoms with van der Waals surface area (Å²) in [6.45, 7) is 2.44. The minimum atomic E-state index is -0.286. The van der Waals surface area contributed by atoms with E-state index in [1.807, 2.05) is 49.4 Å². The zero-order valence-electron chi connectivity index (χ0n) is 18.1. The smallest absolute Gasteiger partial charge is 0.261 e. The molecule has 1 aromatic heterocycles. The van der Waals surface area contributed by atoms with Gasteiger partial charge >= 0.3 is 0 Å². The molecular formula is C27H21N2O4. The van der Waals surface area contributed by atoms with Crippen LogP contribution >= 0.6 is 0 Å². The molecule has 1 radical (unpaired) electrons. The molecule has 5 rings (SSSR count). The molecule has 2 amide bonds. The molecule has 0 atom stereocenters. The van der Waals surface area contributed by atoms with Gasteiger partial charge in [-0.25, -0.2) is 4.98 Å². The van der Waals surface area contributed by atoms with E-state index >= 15 is 0 Å². The minimum Gasteiger partial charge on any atom is -0.493 e. The zero-order chi connectivity index (χ0) is 22.8. The quantitative estimate of drug-likeness (QED) is 0.386. The standard InChI is InChI=1S/C27H21N2O4/c1-18-24(28-25(33-18)20-9-3-2-4-10-20)14-15-32-21-11-7-8-19(16-21)17-29-26(30)22-12-5-6-13-23(22)27(29)31/h2-13H,14-15,17H2,1H3. The van der Waals surface area contributed by atoms with Crippen molar-refractivity contribution in [3.63, 3.8) is 0 Å². The van der Waals surface area contributed by atoms with E-state index in [4.69, 9.17) is 9.15 Å². The number of hydrogen-bond donors (Lipinski definition) is 0. The Labute approximate surface area is 191 Å². The number of carbonyl (C=O) groups excluding carboxylic acids is 2. The number of aromatic nitrogens is 1. The third kappa shape index (κ3) is 4.15. The van der Waals surface area contributed by atoms with Crippen LogP contribution in [0.1, 0.15) is 37.7 Å². The maximum atomic E-state index is 12.6. The molecule has 0 saturated carbocycles. The van der Waals surface area contributed by atoms with Gasteiger partial charge in [-0.15, -0.1) is 0 Å². The largest absolute Gasteiger partial charge is 0.493 e. The molecule has 0 aliphatic carbocycles. The molecule has 163 valence electrons. The van der Waals surface area contributed by atoms with Crippen molar-refractivity contribution in [2.75, 3.05) is 6.61 Å². The fraction of sp³-hybridized carbons (Fsp3) is 0.148. The summed E-state index contributed by atoms with van der Waals surface area (Å²) in [5.41, 5.74) is 3.35. The van der Waals surface area contributed by atoms with E-state index in [-0.39, 0.29) is 18.4 Å². The van der Waals surface area contributed by atoms with Crippen LogP contribution in [0.25, 0.3) is 11.5 Å². The van der Waals surface area contributed by atoms with Crippen LogP contribution in [0.3, 0.4) is 0 Å². The van der Waals surface area contributed by atoms with Crippen molar-refractivity contribution in [2.45, 2.75) is 19.9 Å². The highest BCUT2D eigenvalue weighted by molar-refractivity contribution is 6.21. The highest BCUT2D eigenvalue weighted by atomic mass is 16.5. The molecule has 0 unspecified atom stereocenters. The molecule has 0 saturated heterocycles. The first kappa shape index (κ1) is 20.7. The Bertz CT molecular complexity index is 1290. The second-order valence-corrected chi connectivity index (χ2v) is 7.77.